The van der Waals surface area contributed by atoms with Crippen LogP contribution in [0.4, 0.5) is 0 Å². The lowest BCUT2D eigenvalue weighted by Crippen LogP contribution is -2.14. The van der Waals surface area contributed by atoms with Gasteiger partial charge in [0.1, 0.15) is 0 Å². The van der Waals surface area contributed by atoms with Crippen molar-refractivity contribution in [3.05, 3.63) is 22.7 Å². The quantitative estimate of drug-likeness (QED) is 0.792. The first kappa shape index (κ1) is 17.1. The molecule has 2 N–H and O–H groups in total. The van der Waals surface area contributed by atoms with Gasteiger partial charge in [0.05, 0.1) is 12.2 Å². The highest BCUT2D eigenvalue weighted by molar-refractivity contribution is 6.31. The highest BCUT2D eigenvalue weighted by Gasteiger charge is 2.17. The Balaban J connectivity index is 3.16. The minimum atomic E-state index is -0.0740. The summed E-state index contributed by atoms with van der Waals surface area (Å²) < 4.78 is 11.6. The molecule has 0 aliphatic heterocycles. The van der Waals surface area contributed by atoms with Crippen molar-refractivity contribution >= 4 is 11.6 Å². The van der Waals surface area contributed by atoms with Crippen LogP contribution >= 0.6 is 11.6 Å². The Hall–Kier alpha value is -0.930. The number of hydrogen-bond donors (Lipinski definition) is 1. The van der Waals surface area contributed by atoms with E-state index in [2.05, 4.69) is 6.92 Å². The fourth-order valence-electron chi connectivity index (χ4n) is 1.99. The number of benzene rings is 1. The number of nitrogens with two attached hydrogens (primary N) is 1. The van der Waals surface area contributed by atoms with E-state index < -0.39 is 0 Å². The molecule has 0 fully saturated rings. The smallest absolute Gasteiger partial charge is 0.163 e. The highest BCUT2D eigenvalue weighted by Crippen LogP contribution is 2.37. The fourth-order valence-corrected chi connectivity index (χ4v) is 2.29. The molecule has 0 spiro atoms. The van der Waals surface area contributed by atoms with Crippen LogP contribution in [0.5, 0.6) is 11.5 Å². The van der Waals surface area contributed by atoms with E-state index in [1.807, 2.05) is 39.8 Å². The number of halogens is 1. The van der Waals surface area contributed by atoms with Crippen molar-refractivity contribution in [3.8, 4) is 11.5 Å². The van der Waals surface area contributed by atoms with Gasteiger partial charge in [-0.05, 0) is 45.7 Å². The molecular weight excluding hydrogens is 274 g/mol. The molecule has 1 aromatic rings. The fraction of sp³-hybridized carbons (Fsp3) is 0.625. The molecule has 0 saturated carbocycles. The molecule has 1 aromatic carbocycles. The van der Waals surface area contributed by atoms with Crippen LogP contribution in [-0.4, -0.2) is 12.2 Å². The van der Waals surface area contributed by atoms with Gasteiger partial charge in [-0.2, -0.15) is 0 Å². The second kappa shape index (κ2) is 7.75. The van der Waals surface area contributed by atoms with E-state index >= 15 is 0 Å². The average molecular weight is 300 g/mol. The largest absolute Gasteiger partial charge is 0.487 e. The molecule has 0 heterocycles. The van der Waals surface area contributed by atoms with Crippen LogP contribution in [0.25, 0.3) is 0 Å². The van der Waals surface area contributed by atoms with E-state index in [9.17, 15) is 0 Å². The molecule has 0 saturated heterocycles. The maximum atomic E-state index is 6.34. The van der Waals surface area contributed by atoms with Crippen molar-refractivity contribution in [1.29, 1.82) is 0 Å². The van der Waals surface area contributed by atoms with Crippen LogP contribution in [0.3, 0.4) is 0 Å². The summed E-state index contributed by atoms with van der Waals surface area (Å²) in [5.41, 5.74) is 7.09. The molecule has 0 bridgehead atoms. The summed E-state index contributed by atoms with van der Waals surface area (Å²) in [6, 6.07) is 3.65. The Morgan fingerprint density at radius 3 is 2.00 bits per heavy atom. The third-order valence-corrected chi connectivity index (χ3v) is 3.11. The van der Waals surface area contributed by atoms with Crippen LogP contribution in [0.1, 0.15) is 59.1 Å². The second-order valence-electron chi connectivity index (χ2n) is 5.55. The molecular formula is C16H26ClNO2. The highest BCUT2D eigenvalue weighted by atomic mass is 35.5. The number of hydrogen-bond acceptors (Lipinski definition) is 3. The first-order valence-corrected chi connectivity index (χ1v) is 7.65. The van der Waals surface area contributed by atoms with Crippen molar-refractivity contribution in [3.63, 3.8) is 0 Å². The predicted octanol–water partition coefficient (Wildman–Crippen LogP) is 4.71. The van der Waals surface area contributed by atoms with E-state index in [1.165, 1.54) is 0 Å². The summed E-state index contributed by atoms with van der Waals surface area (Å²) in [5.74, 6) is 1.38. The molecule has 1 rings (SSSR count). The minimum Gasteiger partial charge on any atom is -0.487 e. The SMILES string of the molecule is CCCC(N)c1cc(OC(C)C)c(OC(C)C)cc1Cl. The second-order valence-corrected chi connectivity index (χ2v) is 5.96. The standard InChI is InChI=1S/C16H26ClNO2/c1-6-7-14(18)12-8-15(19-10(2)3)16(9-13(12)17)20-11(4)5/h8-11,14H,6-7,18H2,1-5H3. The van der Waals surface area contributed by atoms with Gasteiger partial charge in [0.15, 0.2) is 11.5 Å². The lowest BCUT2D eigenvalue weighted by atomic mass is 10.0. The van der Waals surface area contributed by atoms with Gasteiger partial charge in [-0.3, -0.25) is 0 Å². The molecule has 1 unspecified atom stereocenters. The number of ether oxygens (including phenoxy) is 2. The zero-order valence-corrected chi connectivity index (χ0v) is 13.8. The van der Waals surface area contributed by atoms with Gasteiger partial charge >= 0.3 is 0 Å². The van der Waals surface area contributed by atoms with Crippen molar-refractivity contribution < 1.29 is 9.47 Å². The number of rotatable bonds is 7. The summed E-state index contributed by atoms with van der Waals surface area (Å²) in [4.78, 5) is 0. The summed E-state index contributed by atoms with van der Waals surface area (Å²) in [6.45, 7) is 10.0. The molecule has 0 aliphatic carbocycles. The first-order valence-electron chi connectivity index (χ1n) is 7.27. The molecule has 0 amide bonds. The Bertz CT molecular complexity index is 433. The topological polar surface area (TPSA) is 44.5 Å². The lowest BCUT2D eigenvalue weighted by molar-refractivity contribution is 0.198. The van der Waals surface area contributed by atoms with Gasteiger partial charge in [0, 0.05) is 17.1 Å². The monoisotopic (exact) mass is 299 g/mol. The van der Waals surface area contributed by atoms with Gasteiger partial charge in [-0.25, -0.2) is 0 Å². The van der Waals surface area contributed by atoms with Crippen LogP contribution < -0.4 is 15.2 Å². The van der Waals surface area contributed by atoms with Crippen LogP contribution in [0.15, 0.2) is 12.1 Å². The Kier molecular flexibility index (Phi) is 6.63. The molecule has 0 aromatic heterocycles. The van der Waals surface area contributed by atoms with E-state index in [-0.39, 0.29) is 18.2 Å². The Labute approximate surface area is 127 Å². The Morgan fingerprint density at radius 1 is 1.05 bits per heavy atom. The van der Waals surface area contributed by atoms with Gasteiger partial charge in [-0.15, -0.1) is 0 Å². The third kappa shape index (κ3) is 4.88. The predicted molar refractivity (Wildman–Crippen MR) is 84.8 cm³/mol. The maximum Gasteiger partial charge on any atom is 0.163 e. The molecule has 1 atom stereocenters. The Morgan fingerprint density at radius 2 is 1.55 bits per heavy atom. The van der Waals surface area contributed by atoms with Gasteiger partial charge in [-0.1, -0.05) is 24.9 Å². The molecule has 20 heavy (non-hydrogen) atoms. The van der Waals surface area contributed by atoms with Gasteiger partial charge in [0.25, 0.3) is 0 Å². The first-order chi connectivity index (χ1) is 9.35. The van der Waals surface area contributed by atoms with Gasteiger partial charge in [0.2, 0.25) is 0 Å². The summed E-state index contributed by atoms with van der Waals surface area (Å²) in [7, 11) is 0. The van der Waals surface area contributed by atoms with Gasteiger partial charge < -0.3 is 15.2 Å². The molecule has 114 valence electrons. The molecule has 0 aliphatic rings. The molecule has 3 nitrogen and oxygen atoms in total. The average Bonchev–Trinajstić information content (AvgIpc) is 2.31. The van der Waals surface area contributed by atoms with E-state index in [0.29, 0.717) is 16.5 Å². The van der Waals surface area contributed by atoms with E-state index in [0.717, 1.165) is 18.4 Å². The van der Waals surface area contributed by atoms with Crippen molar-refractivity contribution in [2.24, 2.45) is 5.73 Å². The third-order valence-electron chi connectivity index (χ3n) is 2.79. The van der Waals surface area contributed by atoms with Crippen molar-refractivity contribution in [2.75, 3.05) is 0 Å². The van der Waals surface area contributed by atoms with E-state index in [1.54, 1.807) is 0 Å². The lowest BCUT2D eigenvalue weighted by Gasteiger charge is -2.21. The molecule has 0 radical (unpaired) electrons. The van der Waals surface area contributed by atoms with Crippen molar-refractivity contribution in [1.82, 2.24) is 0 Å². The van der Waals surface area contributed by atoms with Crippen LogP contribution in [0.2, 0.25) is 5.02 Å². The van der Waals surface area contributed by atoms with Crippen LogP contribution in [-0.2, 0) is 0 Å². The summed E-state index contributed by atoms with van der Waals surface area (Å²) in [6.07, 6.45) is 2.05. The van der Waals surface area contributed by atoms with Crippen LogP contribution in [0, 0.1) is 0 Å². The summed E-state index contributed by atoms with van der Waals surface area (Å²) in [5, 5.41) is 0.637. The normalized spacial score (nSPS) is 12.8. The zero-order chi connectivity index (χ0) is 15.3. The van der Waals surface area contributed by atoms with Crippen molar-refractivity contribution in [2.45, 2.75) is 65.7 Å². The minimum absolute atomic E-state index is 0.0655. The maximum absolute atomic E-state index is 6.34. The summed E-state index contributed by atoms with van der Waals surface area (Å²) >= 11 is 6.34. The molecule has 4 heteroatoms. The van der Waals surface area contributed by atoms with E-state index in [4.69, 9.17) is 26.8 Å². The zero-order valence-electron chi connectivity index (χ0n) is 13.1.